The monoisotopic (exact) mass is 287 g/mol. The van der Waals surface area contributed by atoms with Crippen molar-refractivity contribution >= 4 is 12.6 Å². The van der Waals surface area contributed by atoms with E-state index in [1.54, 1.807) is 0 Å². The minimum absolute atomic E-state index is 0.454. The number of nitrogens with zero attached hydrogens (tertiary/aromatic N) is 1. The molecule has 114 valence electrons. The van der Waals surface area contributed by atoms with Gasteiger partial charge in [0.1, 0.15) is 0 Å². The Hall–Kier alpha value is 0.270. The lowest BCUT2D eigenvalue weighted by molar-refractivity contribution is -0.00526. The second kappa shape index (κ2) is 11.0. The van der Waals surface area contributed by atoms with E-state index >= 15 is 0 Å². The van der Waals surface area contributed by atoms with Gasteiger partial charge in [0.2, 0.25) is 0 Å². The van der Waals surface area contributed by atoms with Gasteiger partial charge in [0, 0.05) is 13.7 Å². The van der Waals surface area contributed by atoms with E-state index in [2.05, 4.69) is 24.5 Å². The van der Waals surface area contributed by atoms with Gasteiger partial charge < -0.3 is 9.64 Å². The predicted octanol–water partition coefficient (Wildman–Crippen LogP) is 4.00. The first-order valence-corrected chi connectivity index (χ1v) is 8.77. The van der Waals surface area contributed by atoms with Crippen LogP contribution in [0.3, 0.4) is 0 Å². The van der Waals surface area contributed by atoms with Crippen LogP contribution in [0, 0.1) is 5.92 Å². The lowest BCUT2D eigenvalue weighted by Gasteiger charge is -2.36. The maximum atomic E-state index is 5.57. The number of unbranched alkanes of at least 4 members (excludes halogenated alkanes) is 6. The zero-order valence-electron chi connectivity index (χ0n) is 12.9. The summed E-state index contributed by atoms with van der Waals surface area (Å²) >= 11 is 4.24. The van der Waals surface area contributed by atoms with Crippen molar-refractivity contribution in [2.75, 3.05) is 32.5 Å². The van der Waals surface area contributed by atoms with Gasteiger partial charge >= 0.3 is 0 Å². The number of rotatable bonds is 10. The van der Waals surface area contributed by atoms with Crippen LogP contribution in [-0.2, 0) is 4.74 Å². The van der Waals surface area contributed by atoms with E-state index < -0.39 is 0 Å². The topological polar surface area (TPSA) is 12.5 Å². The quantitative estimate of drug-likeness (QED) is 0.481. The number of hydrogen-bond acceptors (Lipinski definition) is 3. The first-order valence-electron chi connectivity index (χ1n) is 8.14. The Labute approximate surface area is 125 Å². The summed E-state index contributed by atoms with van der Waals surface area (Å²) in [6.45, 7) is 5.99. The molecule has 0 aliphatic carbocycles. The molecule has 2 nitrogen and oxygen atoms in total. The smallest absolute Gasteiger partial charge is 0.0724 e. The Balaban J connectivity index is 1.95. The van der Waals surface area contributed by atoms with Crippen molar-refractivity contribution in [2.24, 2.45) is 5.92 Å². The Kier molecular flexibility index (Phi) is 10.0. The highest BCUT2D eigenvalue weighted by Crippen LogP contribution is 2.19. The molecular weight excluding hydrogens is 254 g/mol. The van der Waals surface area contributed by atoms with E-state index in [1.807, 2.05) is 7.11 Å². The van der Waals surface area contributed by atoms with Crippen LogP contribution in [0.2, 0.25) is 0 Å². The van der Waals surface area contributed by atoms with Gasteiger partial charge in [-0.25, -0.2) is 0 Å². The van der Waals surface area contributed by atoms with Gasteiger partial charge in [0.15, 0.2) is 0 Å². The number of hydrogen-bond donors (Lipinski definition) is 1. The van der Waals surface area contributed by atoms with E-state index in [9.17, 15) is 0 Å². The minimum atomic E-state index is 0.454. The molecule has 0 aromatic rings. The maximum absolute atomic E-state index is 5.57. The van der Waals surface area contributed by atoms with Crippen LogP contribution in [0.1, 0.15) is 58.3 Å². The van der Waals surface area contributed by atoms with Crippen molar-refractivity contribution < 1.29 is 4.74 Å². The summed E-state index contributed by atoms with van der Waals surface area (Å²) in [4.78, 5) is 2.59. The molecule has 0 spiro atoms. The van der Waals surface area contributed by atoms with E-state index in [1.165, 1.54) is 64.5 Å². The lowest BCUT2D eigenvalue weighted by Crippen LogP contribution is -2.44. The summed E-state index contributed by atoms with van der Waals surface area (Å²) in [6.07, 6.45) is 11.4. The standard InChI is InChI=1S/C16H33NOS/c1-15-10-12-17(14-16(15)18-2)11-8-6-4-3-5-7-9-13-19/h15-16,19H,3-14H2,1-2H3. The van der Waals surface area contributed by atoms with Crippen LogP contribution in [0.15, 0.2) is 0 Å². The second-order valence-corrected chi connectivity index (χ2v) is 6.49. The van der Waals surface area contributed by atoms with Crippen LogP contribution < -0.4 is 0 Å². The average molecular weight is 288 g/mol. The number of piperidine rings is 1. The van der Waals surface area contributed by atoms with Crippen LogP contribution in [0.4, 0.5) is 0 Å². The predicted molar refractivity (Wildman–Crippen MR) is 87.2 cm³/mol. The molecule has 1 fully saturated rings. The van der Waals surface area contributed by atoms with Crippen LogP contribution in [-0.4, -0.2) is 43.5 Å². The van der Waals surface area contributed by atoms with E-state index in [4.69, 9.17) is 4.74 Å². The fraction of sp³-hybridized carbons (Fsp3) is 1.00. The third-order valence-electron chi connectivity index (χ3n) is 4.41. The number of thiol groups is 1. The Morgan fingerprint density at radius 3 is 2.32 bits per heavy atom. The summed E-state index contributed by atoms with van der Waals surface area (Å²) in [7, 11) is 1.86. The highest BCUT2D eigenvalue weighted by atomic mass is 32.1. The molecule has 19 heavy (non-hydrogen) atoms. The highest BCUT2D eigenvalue weighted by molar-refractivity contribution is 7.80. The first-order chi connectivity index (χ1) is 9.27. The van der Waals surface area contributed by atoms with Crippen molar-refractivity contribution in [1.82, 2.24) is 4.90 Å². The van der Waals surface area contributed by atoms with Gasteiger partial charge in [-0.2, -0.15) is 12.6 Å². The lowest BCUT2D eigenvalue weighted by atomic mass is 9.95. The van der Waals surface area contributed by atoms with Crippen LogP contribution >= 0.6 is 12.6 Å². The molecule has 0 radical (unpaired) electrons. The Morgan fingerprint density at radius 2 is 1.68 bits per heavy atom. The number of ether oxygens (including phenoxy) is 1. The summed E-state index contributed by atoms with van der Waals surface area (Å²) in [5.41, 5.74) is 0. The fourth-order valence-corrected chi connectivity index (χ4v) is 3.16. The van der Waals surface area contributed by atoms with Gasteiger partial charge in [-0.05, 0) is 44.0 Å². The zero-order chi connectivity index (χ0) is 13.9. The molecule has 2 atom stereocenters. The Bertz CT molecular complexity index is 213. The molecule has 0 saturated carbocycles. The molecule has 0 bridgehead atoms. The van der Waals surface area contributed by atoms with Crippen molar-refractivity contribution in [3.63, 3.8) is 0 Å². The highest BCUT2D eigenvalue weighted by Gasteiger charge is 2.25. The van der Waals surface area contributed by atoms with Crippen molar-refractivity contribution in [1.29, 1.82) is 0 Å². The first kappa shape index (κ1) is 17.3. The Morgan fingerprint density at radius 1 is 1.05 bits per heavy atom. The molecule has 0 aromatic carbocycles. The number of likely N-dealkylation sites (tertiary alicyclic amines) is 1. The average Bonchev–Trinajstić information content (AvgIpc) is 2.43. The van der Waals surface area contributed by atoms with E-state index in [0.717, 1.165) is 18.2 Å². The molecule has 1 aliphatic heterocycles. The van der Waals surface area contributed by atoms with Crippen LogP contribution in [0.25, 0.3) is 0 Å². The van der Waals surface area contributed by atoms with Gasteiger partial charge in [0.05, 0.1) is 6.10 Å². The largest absolute Gasteiger partial charge is 0.380 e. The molecule has 0 N–H and O–H groups in total. The SMILES string of the molecule is COC1CN(CCCCCCCCCS)CCC1C. The van der Waals surface area contributed by atoms with Gasteiger partial charge in [0.25, 0.3) is 0 Å². The molecular formula is C16H33NOS. The molecule has 1 aliphatic rings. The third-order valence-corrected chi connectivity index (χ3v) is 4.72. The molecule has 1 rings (SSSR count). The molecule has 3 heteroatoms. The fourth-order valence-electron chi connectivity index (χ4n) is 2.94. The molecule has 0 aromatic heterocycles. The summed E-state index contributed by atoms with van der Waals surface area (Å²) in [5.74, 6) is 1.78. The van der Waals surface area contributed by atoms with Gasteiger partial charge in [-0.1, -0.05) is 39.0 Å². The maximum Gasteiger partial charge on any atom is 0.0724 e. The normalized spacial score (nSPS) is 24.8. The van der Waals surface area contributed by atoms with E-state index in [-0.39, 0.29) is 0 Å². The third kappa shape index (κ3) is 7.57. The molecule has 2 unspecified atom stereocenters. The second-order valence-electron chi connectivity index (χ2n) is 6.04. The molecule has 1 saturated heterocycles. The van der Waals surface area contributed by atoms with Gasteiger partial charge in [-0.3, -0.25) is 0 Å². The van der Waals surface area contributed by atoms with Crippen molar-refractivity contribution in [2.45, 2.75) is 64.4 Å². The van der Waals surface area contributed by atoms with Crippen LogP contribution in [0.5, 0.6) is 0 Å². The summed E-state index contributed by atoms with van der Waals surface area (Å²) < 4.78 is 5.57. The van der Waals surface area contributed by atoms with Gasteiger partial charge in [-0.15, -0.1) is 0 Å². The summed E-state index contributed by atoms with van der Waals surface area (Å²) in [6, 6.07) is 0. The number of methoxy groups -OCH3 is 1. The summed E-state index contributed by atoms with van der Waals surface area (Å²) in [5, 5.41) is 0. The molecule has 0 amide bonds. The molecule has 1 heterocycles. The van der Waals surface area contributed by atoms with E-state index in [0.29, 0.717) is 6.10 Å². The zero-order valence-corrected chi connectivity index (χ0v) is 13.8. The van der Waals surface area contributed by atoms with Crippen molar-refractivity contribution in [3.05, 3.63) is 0 Å². The van der Waals surface area contributed by atoms with Crippen molar-refractivity contribution in [3.8, 4) is 0 Å². The minimum Gasteiger partial charge on any atom is -0.380 e.